The molecule has 0 spiro atoms. The summed E-state index contributed by atoms with van der Waals surface area (Å²) in [6.45, 7) is 4.26. The number of hydrogen-bond acceptors (Lipinski definition) is 3. The van der Waals surface area contributed by atoms with Gasteiger partial charge in [-0.15, -0.1) is 0 Å². The Balaban J connectivity index is 1.79. The van der Waals surface area contributed by atoms with Crippen molar-refractivity contribution < 1.29 is 4.74 Å². The Kier molecular flexibility index (Phi) is 4.35. The summed E-state index contributed by atoms with van der Waals surface area (Å²) in [7, 11) is 0. The topological polar surface area (TPSA) is 21.3 Å². The lowest BCUT2D eigenvalue weighted by Crippen LogP contribution is -2.43. The predicted octanol–water partition coefficient (Wildman–Crippen LogP) is 2.29. The van der Waals surface area contributed by atoms with Crippen molar-refractivity contribution in [3.05, 3.63) is 0 Å². The maximum absolute atomic E-state index is 5.45. The lowest BCUT2D eigenvalue weighted by atomic mass is 9.99. The lowest BCUT2D eigenvalue weighted by Gasteiger charge is -2.27. The van der Waals surface area contributed by atoms with Gasteiger partial charge in [-0.05, 0) is 38.4 Å². The molecule has 2 rings (SSSR count). The monoisotopic (exact) mass is 229 g/mol. The van der Waals surface area contributed by atoms with Crippen LogP contribution in [0.4, 0.5) is 0 Å². The Morgan fingerprint density at radius 1 is 1.33 bits per heavy atom. The summed E-state index contributed by atoms with van der Waals surface area (Å²) in [4.78, 5) is 0. The predicted molar refractivity (Wildman–Crippen MR) is 66.5 cm³/mol. The van der Waals surface area contributed by atoms with E-state index >= 15 is 0 Å². The molecule has 2 fully saturated rings. The molecule has 1 aliphatic carbocycles. The van der Waals surface area contributed by atoms with Crippen LogP contribution in [0.15, 0.2) is 0 Å². The highest BCUT2D eigenvalue weighted by Gasteiger charge is 2.30. The van der Waals surface area contributed by atoms with Crippen molar-refractivity contribution in [3.63, 3.8) is 0 Å². The van der Waals surface area contributed by atoms with E-state index < -0.39 is 0 Å². The van der Waals surface area contributed by atoms with E-state index in [2.05, 4.69) is 18.5 Å². The average Bonchev–Trinajstić information content (AvgIpc) is 2.87. The molecule has 1 saturated carbocycles. The van der Waals surface area contributed by atoms with Gasteiger partial charge in [0.25, 0.3) is 0 Å². The molecule has 2 nitrogen and oxygen atoms in total. The fourth-order valence-corrected chi connectivity index (χ4v) is 3.77. The fraction of sp³-hybridized carbons (Fsp3) is 1.00. The highest BCUT2D eigenvalue weighted by atomic mass is 32.2. The average molecular weight is 229 g/mol. The van der Waals surface area contributed by atoms with E-state index in [4.69, 9.17) is 4.74 Å². The molecule has 0 aromatic heterocycles. The van der Waals surface area contributed by atoms with Crippen molar-refractivity contribution in [2.75, 3.05) is 19.5 Å². The Morgan fingerprint density at radius 2 is 2.20 bits per heavy atom. The number of hydrogen-bond donors (Lipinski definition) is 1. The van der Waals surface area contributed by atoms with E-state index in [9.17, 15) is 0 Å². The standard InChI is InChI=1S/C12H23NOS/c1-9(10-6-7-14-8-10)13-11-4-3-5-12(11)15-2/h9-13H,3-8H2,1-2H3. The van der Waals surface area contributed by atoms with Crippen LogP contribution in [0.1, 0.15) is 32.6 Å². The van der Waals surface area contributed by atoms with E-state index in [-0.39, 0.29) is 0 Å². The lowest BCUT2D eigenvalue weighted by molar-refractivity contribution is 0.176. The molecule has 3 heteroatoms. The van der Waals surface area contributed by atoms with Crippen molar-refractivity contribution in [2.45, 2.75) is 49.9 Å². The van der Waals surface area contributed by atoms with Crippen LogP contribution in [0.2, 0.25) is 0 Å². The third kappa shape index (κ3) is 2.89. The molecule has 1 saturated heterocycles. The van der Waals surface area contributed by atoms with Gasteiger partial charge < -0.3 is 10.1 Å². The minimum absolute atomic E-state index is 0.630. The van der Waals surface area contributed by atoms with Crippen LogP contribution in [0.5, 0.6) is 0 Å². The summed E-state index contributed by atoms with van der Waals surface area (Å²) in [5.41, 5.74) is 0. The zero-order valence-corrected chi connectivity index (χ0v) is 10.7. The van der Waals surface area contributed by atoms with Crippen LogP contribution in [0.25, 0.3) is 0 Å². The fourth-order valence-electron chi connectivity index (χ4n) is 2.82. The molecule has 15 heavy (non-hydrogen) atoms. The van der Waals surface area contributed by atoms with Crippen molar-refractivity contribution in [2.24, 2.45) is 5.92 Å². The molecule has 2 aliphatic rings. The molecular weight excluding hydrogens is 206 g/mol. The van der Waals surface area contributed by atoms with Crippen LogP contribution in [-0.2, 0) is 4.74 Å². The SMILES string of the molecule is CSC1CCCC1NC(C)C1CCOC1. The van der Waals surface area contributed by atoms with E-state index in [1.54, 1.807) is 0 Å². The molecule has 4 unspecified atom stereocenters. The second-order valence-corrected chi connectivity index (χ2v) is 5.97. The van der Waals surface area contributed by atoms with Crippen molar-refractivity contribution >= 4 is 11.8 Å². The van der Waals surface area contributed by atoms with Crippen molar-refractivity contribution in [1.82, 2.24) is 5.32 Å². The molecule has 0 aromatic carbocycles. The Morgan fingerprint density at radius 3 is 2.87 bits per heavy atom. The van der Waals surface area contributed by atoms with Crippen LogP contribution >= 0.6 is 11.8 Å². The third-order valence-corrected chi connectivity index (χ3v) is 5.07. The van der Waals surface area contributed by atoms with Gasteiger partial charge in [0.1, 0.15) is 0 Å². The first-order valence-electron chi connectivity index (χ1n) is 6.18. The van der Waals surface area contributed by atoms with Gasteiger partial charge in [0.15, 0.2) is 0 Å². The first kappa shape index (κ1) is 11.7. The summed E-state index contributed by atoms with van der Waals surface area (Å²) in [6.07, 6.45) is 7.64. The van der Waals surface area contributed by atoms with Gasteiger partial charge in [0.05, 0.1) is 6.61 Å². The van der Waals surface area contributed by atoms with Crippen LogP contribution in [-0.4, -0.2) is 36.8 Å². The largest absolute Gasteiger partial charge is 0.381 e. The van der Waals surface area contributed by atoms with Gasteiger partial charge in [0, 0.05) is 23.9 Å². The molecule has 0 amide bonds. The minimum Gasteiger partial charge on any atom is -0.381 e. The summed E-state index contributed by atoms with van der Waals surface area (Å²) in [5.74, 6) is 0.744. The molecule has 1 heterocycles. The van der Waals surface area contributed by atoms with Gasteiger partial charge in [-0.2, -0.15) is 11.8 Å². The molecule has 88 valence electrons. The molecule has 1 N–H and O–H groups in total. The zero-order chi connectivity index (χ0) is 10.7. The molecule has 0 aromatic rings. The number of rotatable bonds is 4. The van der Waals surface area contributed by atoms with Gasteiger partial charge in [-0.3, -0.25) is 0 Å². The van der Waals surface area contributed by atoms with E-state index in [1.807, 2.05) is 11.8 Å². The number of thioether (sulfide) groups is 1. The Labute approximate surface area is 97.5 Å². The Hall–Kier alpha value is 0.270. The molecule has 0 bridgehead atoms. The van der Waals surface area contributed by atoms with E-state index in [1.165, 1.54) is 25.7 Å². The summed E-state index contributed by atoms with van der Waals surface area (Å²) < 4.78 is 5.45. The van der Waals surface area contributed by atoms with Crippen molar-refractivity contribution in [3.8, 4) is 0 Å². The summed E-state index contributed by atoms with van der Waals surface area (Å²) >= 11 is 2.03. The zero-order valence-electron chi connectivity index (χ0n) is 9.87. The highest BCUT2D eigenvalue weighted by molar-refractivity contribution is 7.99. The minimum atomic E-state index is 0.630. The van der Waals surface area contributed by atoms with Gasteiger partial charge in [-0.25, -0.2) is 0 Å². The molecule has 0 radical (unpaired) electrons. The third-order valence-electron chi connectivity index (χ3n) is 3.90. The van der Waals surface area contributed by atoms with Crippen LogP contribution < -0.4 is 5.32 Å². The van der Waals surface area contributed by atoms with Crippen LogP contribution in [0, 0.1) is 5.92 Å². The van der Waals surface area contributed by atoms with Crippen molar-refractivity contribution in [1.29, 1.82) is 0 Å². The highest BCUT2D eigenvalue weighted by Crippen LogP contribution is 2.29. The molecular formula is C12H23NOS. The first-order chi connectivity index (χ1) is 7.31. The second kappa shape index (κ2) is 5.55. The maximum Gasteiger partial charge on any atom is 0.0509 e. The van der Waals surface area contributed by atoms with Gasteiger partial charge >= 0.3 is 0 Å². The number of ether oxygens (including phenoxy) is 1. The van der Waals surface area contributed by atoms with E-state index in [0.29, 0.717) is 6.04 Å². The summed E-state index contributed by atoms with van der Waals surface area (Å²) in [6, 6.07) is 1.38. The summed E-state index contributed by atoms with van der Waals surface area (Å²) in [5, 5.41) is 4.66. The maximum atomic E-state index is 5.45. The van der Waals surface area contributed by atoms with E-state index in [0.717, 1.165) is 30.4 Å². The van der Waals surface area contributed by atoms with Gasteiger partial charge in [-0.1, -0.05) is 6.42 Å². The van der Waals surface area contributed by atoms with Crippen LogP contribution in [0.3, 0.4) is 0 Å². The Bertz CT molecular complexity index is 194. The second-order valence-electron chi connectivity index (χ2n) is 4.89. The van der Waals surface area contributed by atoms with Gasteiger partial charge in [0.2, 0.25) is 0 Å². The smallest absolute Gasteiger partial charge is 0.0509 e. The molecule has 4 atom stereocenters. The normalized spacial score (nSPS) is 38.4. The number of nitrogens with one attached hydrogen (secondary N) is 1. The first-order valence-corrected chi connectivity index (χ1v) is 7.46. The molecule has 1 aliphatic heterocycles. The quantitative estimate of drug-likeness (QED) is 0.799.